The molecular formula is C19H15F3N2O3S. The first kappa shape index (κ1) is 19.7. The first-order valence-corrected chi connectivity index (χ1v) is 8.86. The lowest BCUT2D eigenvalue weighted by molar-refractivity contribution is -0.137. The third-order valence-corrected chi connectivity index (χ3v) is 4.73. The number of carbonyl (C=O) groups is 1. The van der Waals surface area contributed by atoms with Crippen molar-refractivity contribution in [3.63, 3.8) is 0 Å². The normalized spacial score (nSPS) is 11.2. The molecule has 5 nitrogen and oxygen atoms in total. The molecule has 0 radical (unpaired) electrons. The van der Waals surface area contributed by atoms with Gasteiger partial charge in [0, 0.05) is 22.7 Å². The molecule has 3 rings (SSSR count). The molecule has 0 atom stereocenters. The van der Waals surface area contributed by atoms with E-state index in [1.54, 1.807) is 42.5 Å². The fourth-order valence-electron chi connectivity index (χ4n) is 2.45. The van der Waals surface area contributed by atoms with Crippen molar-refractivity contribution in [2.24, 2.45) is 0 Å². The molecule has 0 unspecified atom stereocenters. The van der Waals surface area contributed by atoms with Crippen molar-refractivity contribution in [2.45, 2.75) is 6.18 Å². The van der Waals surface area contributed by atoms with Gasteiger partial charge in [-0.05, 0) is 24.3 Å². The number of hydrogen-bond donors (Lipinski definition) is 1. The highest BCUT2D eigenvalue weighted by Gasteiger charge is 2.34. The van der Waals surface area contributed by atoms with Gasteiger partial charge in [-0.25, -0.2) is 4.98 Å². The number of benzene rings is 2. The van der Waals surface area contributed by atoms with Crippen molar-refractivity contribution in [2.75, 3.05) is 19.5 Å². The smallest absolute Gasteiger partial charge is 0.443 e. The summed E-state index contributed by atoms with van der Waals surface area (Å²) < 4.78 is 48.3. The van der Waals surface area contributed by atoms with E-state index in [2.05, 4.69) is 10.3 Å². The minimum absolute atomic E-state index is 0.229. The zero-order chi connectivity index (χ0) is 20.3. The molecule has 0 saturated heterocycles. The van der Waals surface area contributed by atoms with Crippen LogP contribution >= 0.6 is 11.3 Å². The summed E-state index contributed by atoms with van der Waals surface area (Å²) in [6.07, 6.45) is -4.46. The number of alkyl halides is 3. The average molecular weight is 408 g/mol. The monoisotopic (exact) mass is 408 g/mol. The number of amides is 1. The molecular weight excluding hydrogens is 393 g/mol. The zero-order valence-corrected chi connectivity index (χ0v) is 15.6. The molecule has 9 heteroatoms. The minimum Gasteiger partial charge on any atom is -0.497 e. The number of carbonyl (C=O) groups excluding carboxylic acids is 1. The van der Waals surface area contributed by atoms with Crippen molar-refractivity contribution >= 4 is 22.9 Å². The molecule has 28 heavy (non-hydrogen) atoms. The van der Waals surface area contributed by atoms with E-state index in [1.807, 2.05) is 0 Å². The third-order valence-electron chi connectivity index (χ3n) is 3.84. The van der Waals surface area contributed by atoms with E-state index in [0.717, 1.165) is 0 Å². The molecule has 0 aliphatic heterocycles. The lowest BCUT2D eigenvalue weighted by Crippen LogP contribution is -2.13. The number of nitrogens with one attached hydrogen (secondary N) is 1. The third kappa shape index (κ3) is 4.25. The van der Waals surface area contributed by atoms with Gasteiger partial charge in [-0.1, -0.05) is 12.1 Å². The predicted molar refractivity (Wildman–Crippen MR) is 100 cm³/mol. The lowest BCUT2D eigenvalue weighted by Gasteiger charge is -2.11. The van der Waals surface area contributed by atoms with Crippen molar-refractivity contribution in [3.8, 4) is 22.8 Å². The second-order valence-electron chi connectivity index (χ2n) is 5.63. The standard InChI is InChI=1S/C19H15F3N2O3S/c1-26-13-7-8-14(16(9-13)27-2)17(25)23-12-5-3-11(4-6-12)15-10-28-18(24-15)19(20,21)22/h3-10H,1-2H3,(H,23,25). The summed E-state index contributed by atoms with van der Waals surface area (Å²) in [5, 5.41) is 3.17. The molecule has 0 bridgehead atoms. The predicted octanol–water partition coefficient (Wildman–Crippen LogP) is 5.10. The van der Waals surface area contributed by atoms with E-state index in [-0.39, 0.29) is 11.6 Å². The Labute approximate surface area is 162 Å². The Kier molecular flexibility index (Phi) is 5.55. The molecule has 0 saturated carbocycles. The van der Waals surface area contributed by atoms with Crippen molar-refractivity contribution in [1.82, 2.24) is 4.98 Å². The van der Waals surface area contributed by atoms with Crippen molar-refractivity contribution in [3.05, 3.63) is 58.4 Å². The summed E-state index contributed by atoms with van der Waals surface area (Å²) in [5.41, 5.74) is 1.55. The van der Waals surface area contributed by atoms with Gasteiger partial charge in [-0.15, -0.1) is 11.3 Å². The number of thiazole rings is 1. The van der Waals surface area contributed by atoms with Crippen molar-refractivity contribution in [1.29, 1.82) is 0 Å². The van der Waals surface area contributed by atoms with Crippen LogP contribution in [0.3, 0.4) is 0 Å². The second-order valence-corrected chi connectivity index (χ2v) is 6.49. The number of ether oxygens (including phenoxy) is 2. The second kappa shape index (κ2) is 7.89. The summed E-state index contributed by atoms with van der Waals surface area (Å²) in [6, 6.07) is 11.2. The summed E-state index contributed by atoms with van der Waals surface area (Å²) in [5.74, 6) is 0.523. The highest BCUT2D eigenvalue weighted by molar-refractivity contribution is 7.10. The number of halogens is 3. The Hall–Kier alpha value is -3.07. The van der Waals surface area contributed by atoms with Gasteiger partial charge in [0.2, 0.25) is 0 Å². The van der Waals surface area contributed by atoms with Crippen LogP contribution in [0.5, 0.6) is 11.5 Å². The van der Waals surface area contributed by atoms with Gasteiger partial charge in [0.25, 0.3) is 5.91 Å². The average Bonchev–Trinajstić information content (AvgIpc) is 3.18. The van der Waals surface area contributed by atoms with Crippen LogP contribution in [0.2, 0.25) is 0 Å². The first-order chi connectivity index (χ1) is 13.3. The summed E-state index contributed by atoms with van der Waals surface area (Å²) in [4.78, 5) is 16.1. The Morgan fingerprint density at radius 2 is 1.79 bits per heavy atom. The molecule has 1 heterocycles. The van der Waals surface area contributed by atoms with E-state index in [4.69, 9.17) is 9.47 Å². The van der Waals surface area contributed by atoms with Gasteiger partial charge in [0.05, 0.1) is 25.5 Å². The fourth-order valence-corrected chi connectivity index (χ4v) is 3.14. The molecule has 0 spiro atoms. The fraction of sp³-hybridized carbons (Fsp3) is 0.158. The van der Waals surface area contributed by atoms with E-state index < -0.39 is 11.2 Å². The lowest BCUT2D eigenvalue weighted by atomic mass is 10.1. The zero-order valence-electron chi connectivity index (χ0n) is 14.8. The number of hydrogen-bond acceptors (Lipinski definition) is 5. The van der Waals surface area contributed by atoms with Gasteiger partial charge in [0.1, 0.15) is 11.5 Å². The highest BCUT2D eigenvalue weighted by Crippen LogP contribution is 2.34. The number of methoxy groups -OCH3 is 2. The van der Waals surface area contributed by atoms with E-state index in [9.17, 15) is 18.0 Å². The van der Waals surface area contributed by atoms with Crippen LogP contribution in [0.1, 0.15) is 15.4 Å². The number of aromatic nitrogens is 1. The van der Waals surface area contributed by atoms with Crippen LogP contribution in [-0.4, -0.2) is 25.1 Å². The summed E-state index contributed by atoms with van der Waals surface area (Å²) >= 11 is 0.541. The molecule has 1 N–H and O–H groups in total. The van der Waals surface area contributed by atoms with Crippen molar-refractivity contribution < 1.29 is 27.4 Å². The van der Waals surface area contributed by atoms with Crippen LogP contribution < -0.4 is 14.8 Å². The summed E-state index contributed by atoms with van der Waals surface area (Å²) in [6.45, 7) is 0. The molecule has 0 fully saturated rings. The SMILES string of the molecule is COc1ccc(C(=O)Nc2ccc(-c3csc(C(F)(F)F)n3)cc2)c(OC)c1. The topological polar surface area (TPSA) is 60.5 Å². The van der Waals surface area contributed by atoms with Crippen LogP contribution in [0, 0.1) is 0 Å². The van der Waals surface area contributed by atoms with Crippen LogP contribution in [0.15, 0.2) is 47.8 Å². The Morgan fingerprint density at radius 3 is 2.36 bits per heavy atom. The highest BCUT2D eigenvalue weighted by atomic mass is 32.1. The van der Waals surface area contributed by atoms with Crippen LogP contribution in [0.4, 0.5) is 18.9 Å². The van der Waals surface area contributed by atoms with Gasteiger partial charge >= 0.3 is 6.18 Å². The van der Waals surface area contributed by atoms with Crippen LogP contribution in [-0.2, 0) is 6.18 Å². The molecule has 2 aromatic carbocycles. The first-order valence-electron chi connectivity index (χ1n) is 7.98. The Balaban J connectivity index is 1.76. The van der Waals surface area contributed by atoms with E-state index >= 15 is 0 Å². The molecule has 0 aliphatic carbocycles. The van der Waals surface area contributed by atoms with Gasteiger partial charge in [0.15, 0.2) is 5.01 Å². The van der Waals surface area contributed by atoms with Crippen LogP contribution in [0.25, 0.3) is 11.3 Å². The Bertz CT molecular complexity index is 985. The minimum atomic E-state index is -4.46. The van der Waals surface area contributed by atoms with Gasteiger partial charge in [-0.3, -0.25) is 4.79 Å². The molecule has 3 aromatic rings. The Morgan fingerprint density at radius 1 is 1.07 bits per heavy atom. The molecule has 1 amide bonds. The largest absolute Gasteiger partial charge is 0.497 e. The van der Waals surface area contributed by atoms with E-state index in [1.165, 1.54) is 19.6 Å². The maximum Gasteiger partial charge on any atom is 0.443 e. The maximum atomic E-state index is 12.7. The molecule has 0 aliphatic rings. The van der Waals surface area contributed by atoms with Gasteiger partial charge in [-0.2, -0.15) is 13.2 Å². The maximum absolute atomic E-state index is 12.7. The number of anilines is 1. The summed E-state index contributed by atoms with van der Waals surface area (Å²) in [7, 11) is 2.96. The molecule has 146 valence electrons. The van der Waals surface area contributed by atoms with E-state index in [0.29, 0.717) is 39.7 Å². The number of nitrogens with zero attached hydrogens (tertiary/aromatic N) is 1. The molecule has 1 aromatic heterocycles. The van der Waals surface area contributed by atoms with Gasteiger partial charge < -0.3 is 14.8 Å². The quantitative estimate of drug-likeness (QED) is 0.638. The number of rotatable bonds is 5.